The number of aliphatic hydroxyl groups is 1. The van der Waals surface area contributed by atoms with E-state index in [0.29, 0.717) is 11.1 Å². The fourth-order valence-electron chi connectivity index (χ4n) is 2.60. The topological polar surface area (TPSA) is 75.6 Å². The first kappa shape index (κ1) is 19.1. The molecule has 136 valence electrons. The zero-order chi connectivity index (χ0) is 18.9. The molecule has 0 radical (unpaired) electrons. The summed E-state index contributed by atoms with van der Waals surface area (Å²) in [6.07, 6.45) is -1.80. The smallest absolute Gasteiger partial charge is 0.407 e. The molecule has 0 aliphatic carbocycles. The molecular formula is C19H24FNO4. The van der Waals surface area contributed by atoms with E-state index in [0.717, 1.165) is 0 Å². The maximum absolute atomic E-state index is 13.0. The van der Waals surface area contributed by atoms with Gasteiger partial charge in [-0.2, -0.15) is 0 Å². The summed E-state index contributed by atoms with van der Waals surface area (Å²) in [7, 11) is 0. The molecule has 0 bridgehead atoms. The Morgan fingerprint density at radius 3 is 2.24 bits per heavy atom. The van der Waals surface area contributed by atoms with Gasteiger partial charge in [-0.3, -0.25) is 4.79 Å². The molecule has 5 nitrogen and oxygen atoms in total. The summed E-state index contributed by atoms with van der Waals surface area (Å²) in [5.41, 5.74) is 0.256. The maximum atomic E-state index is 13.0. The summed E-state index contributed by atoms with van der Waals surface area (Å²) in [5, 5.41) is 13.2. The summed E-state index contributed by atoms with van der Waals surface area (Å²) in [5.74, 6) is -0.524. The van der Waals surface area contributed by atoms with E-state index in [4.69, 9.17) is 4.74 Å². The Morgan fingerprint density at radius 1 is 1.20 bits per heavy atom. The lowest BCUT2D eigenvalue weighted by Gasteiger charge is -2.28. The SMILES string of the molecule is CC(C)[C@H](NC(=O)OC(C)(C)C)C(O)c1c(-c2ccc(F)cc2)c1=O. The van der Waals surface area contributed by atoms with Crippen molar-refractivity contribution in [3.63, 3.8) is 0 Å². The zero-order valence-electron chi connectivity index (χ0n) is 15.1. The van der Waals surface area contributed by atoms with E-state index >= 15 is 0 Å². The molecular weight excluding hydrogens is 325 g/mol. The third-order valence-corrected chi connectivity index (χ3v) is 3.85. The highest BCUT2D eigenvalue weighted by Crippen LogP contribution is 2.33. The molecule has 0 spiro atoms. The van der Waals surface area contributed by atoms with Gasteiger partial charge in [-0.1, -0.05) is 26.0 Å². The van der Waals surface area contributed by atoms with Gasteiger partial charge in [0.25, 0.3) is 0 Å². The first-order chi connectivity index (χ1) is 11.5. The summed E-state index contributed by atoms with van der Waals surface area (Å²) >= 11 is 0. The van der Waals surface area contributed by atoms with E-state index in [1.807, 2.05) is 13.8 Å². The number of aliphatic hydroxyl groups excluding tert-OH is 1. The van der Waals surface area contributed by atoms with E-state index in [-0.39, 0.29) is 16.9 Å². The van der Waals surface area contributed by atoms with Crippen molar-refractivity contribution in [2.24, 2.45) is 5.92 Å². The molecule has 1 unspecified atom stereocenters. The number of hydrogen-bond acceptors (Lipinski definition) is 4. The van der Waals surface area contributed by atoms with Crippen LogP contribution in [0.5, 0.6) is 0 Å². The van der Waals surface area contributed by atoms with Crippen molar-refractivity contribution in [3.05, 3.63) is 45.9 Å². The van der Waals surface area contributed by atoms with Crippen molar-refractivity contribution in [1.29, 1.82) is 0 Å². The molecule has 2 aromatic carbocycles. The second kappa shape index (κ2) is 6.96. The number of carbonyl (C=O) groups is 1. The molecule has 0 aliphatic heterocycles. The minimum absolute atomic E-state index is 0.127. The number of ether oxygens (including phenoxy) is 1. The van der Waals surface area contributed by atoms with Crippen LogP contribution in [0.25, 0.3) is 11.1 Å². The monoisotopic (exact) mass is 349 g/mol. The van der Waals surface area contributed by atoms with E-state index in [1.165, 1.54) is 24.3 Å². The predicted molar refractivity (Wildman–Crippen MR) is 93.4 cm³/mol. The number of rotatable bonds is 5. The first-order valence-electron chi connectivity index (χ1n) is 8.23. The highest BCUT2D eigenvalue weighted by molar-refractivity contribution is 5.77. The van der Waals surface area contributed by atoms with Crippen molar-refractivity contribution in [3.8, 4) is 11.1 Å². The van der Waals surface area contributed by atoms with Crippen LogP contribution in [0, 0.1) is 11.7 Å². The quantitative estimate of drug-likeness (QED) is 0.868. The number of amides is 1. The average Bonchev–Trinajstić information content (AvgIpc) is 3.14. The first-order valence-corrected chi connectivity index (χ1v) is 8.23. The Bertz CT molecular complexity index is 751. The Kier molecular flexibility index (Phi) is 5.32. The minimum Gasteiger partial charge on any atom is -0.444 e. The average molecular weight is 349 g/mol. The lowest BCUT2D eigenvalue weighted by molar-refractivity contribution is 0.0378. The van der Waals surface area contributed by atoms with Crippen molar-refractivity contribution >= 4 is 6.09 Å². The fraction of sp³-hybridized carbons (Fsp3) is 0.474. The standard InChI is InChI=1S/C19H24FNO4/c1-10(2)15(21-18(24)25-19(3,4)5)17(23)14-13(16(14)22)11-6-8-12(20)9-7-11/h6-10,15,17,23H,1-5H3,(H,21,24)/t15-,17?/m0/s1. The van der Waals surface area contributed by atoms with Crippen LogP contribution in [0.4, 0.5) is 9.18 Å². The molecule has 0 aromatic heterocycles. The van der Waals surface area contributed by atoms with Crippen LogP contribution in [0.15, 0.2) is 29.1 Å². The normalized spacial score (nSPS) is 14.6. The van der Waals surface area contributed by atoms with Crippen molar-refractivity contribution < 1.29 is 19.0 Å². The van der Waals surface area contributed by atoms with Crippen LogP contribution >= 0.6 is 0 Å². The highest BCUT2D eigenvalue weighted by atomic mass is 19.1. The summed E-state index contributed by atoms with van der Waals surface area (Å²) in [6, 6.07) is 4.84. The van der Waals surface area contributed by atoms with E-state index < -0.39 is 29.7 Å². The predicted octanol–water partition coefficient (Wildman–Crippen LogP) is 3.31. The Balaban J connectivity index is 2.17. The van der Waals surface area contributed by atoms with Gasteiger partial charge in [-0.15, -0.1) is 0 Å². The van der Waals surface area contributed by atoms with Gasteiger partial charge >= 0.3 is 6.09 Å². The molecule has 2 N–H and O–H groups in total. The lowest BCUT2D eigenvalue weighted by atomic mass is 9.96. The third kappa shape index (κ3) is 4.66. The molecule has 2 atom stereocenters. The van der Waals surface area contributed by atoms with Crippen LogP contribution < -0.4 is 10.7 Å². The number of hydrogen-bond donors (Lipinski definition) is 2. The fourth-order valence-corrected chi connectivity index (χ4v) is 2.60. The summed E-state index contributed by atoms with van der Waals surface area (Å²) < 4.78 is 18.2. The van der Waals surface area contributed by atoms with Gasteiger partial charge in [-0.05, 0) is 44.4 Å². The van der Waals surface area contributed by atoms with Gasteiger partial charge in [0, 0.05) is 11.1 Å². The molecule has 25 heavy (non-hydrogen) atoms. The number of carbonyl (C=O) groups excluding carboxylic acids is 1. The third-order valence-electron chi connectivity index (χ3n) is 3.85. The van der Waals surface area contributed by atoms with Crippen LogP contribution in [-0.2, 0) is 4.74 Å². The second-order valence-electron chi connectivity index (χ2n) is 7.49. The van der Waals surface area contributed by atoms with Crippen LogP contribution in [-0.4, -0.2) is 22.8 Å². The molecule has 0 aliphatic rings. The van der Waals surface area contributed by atoms with Gasteiger partial charge in [0.1, 0.15) is 17.5 Å². The summed E-state index contributed by atoms with van der Waals surface area (Å²) in [6.45, 7) is 8.89. The maximum Gasteiger partial charge on any atom is 0.407 e. The minimum atomic E-state index is -1.15. The van der Waals surface area contributed by atoms with Crippen molar-refractivity contribution in [1.82, 2.24) is 5.32 Å². The molecule has 6 heteroatoms. The van der Waals surface area contributed by atoms with Crippen molar-refractivity contribution in [2.45, 2.75) is 52.4 Å². The van der Waals surface area contributed by atoms with Crippen LogP contribution in [0.3, 0.4) is 0 Å². The molecule has 0 fully saturated rings. The molecule has 0 saturated carbocycles. The highest BCUT2D eigenvalue weighted by Gasteiger charge is 2.37. The molecule has 0 heterocycles. The number of alkyl carbamates (subject to hydrolysis) is 1. The van der Waals surface area contributed by atoms with Crippen LogP contribution in [0.1, 0.15) is 46.3 Å². The molecule has 2 rings (SSSR count). The molecule has 0 saturated heterocycles. The van der Waals surface area contributed by atoms with E-state index in [1.54, 1.807) is 20.8 Å². The van der Waals surface area contributed by atoms with Gasteiger partial charge in [0.15, 0.2) is 5.43 Å². The van der Waals surface area contributed by atoms with E-state index in [9.17, 15) is 19.1 Å². The molecule has 1 amide bonds. The van der Waals surface area contributed by atoms with Crippen molar-refractivity contribution in [2.75, 3.05) is 0 Å². The number of nitrogens with one attached hydrogen (secondary N) is 1. The Labute approximate surface area is 146 Å². The van der Waals surface area contributed by atoms with Crippen LogP contribution in [0.2, 0.25) is 0 Å². The van der Waals surface area contributed by atoms with Gasteiger partial charge < -0.3 is 15.2 Å². The summed E-state index contributed by atoms with van der Waals surface area (Å²) in [4.78, 5) is 24.1. The van der Waals surface area contributed by atoms with E-state index in [2.05, 4.69) is 5.32 Å². The van der Waals surface area contributed by atoms with Gasteiger partial charge in [0.05, 0.1) is 6.04 Å². The van der Waals surface area contributed by atoms with Gasteiger partial charge in [0.2, 0.25) is 0 Å². The Morgan fingerprint density at radius 2 is 1.76 bits per heavy atom. The zero-order valence-corrected chi connectivity index (χ0v) is 15.1. The molecule has 2 aromatic rings. The Hall–Kier alpha value is -2.21. The number of halogens is 1. The second-order valence-corrected chi connectivity index (χ2v) is 7.49. The number of benzene rings is 1. The largest absolute Gasteiger partial charge is 0.444 e. The lowest BCUT2D eigenvalue weighted by Crippen LogP contribution is -2.45. The van der Waals surface area contributed by atoms with Gasteiger partial charge in [-0.25, -0.2) is 9.18 Å².